The highest BCUT2D eigenvalue weighted by atomic mass is 16.6. The average Bonchev–Trinajstić information content (AvgIpc) is 3.05. The third-order valence-electron chi connectivity index (χ3n) is 3.35. The smallest absolute Gasteiger partial charge is 0.342 e. The number of nitrogens with zero attached hydrogens (tertiary/aromatic N) is 5. The number of hydrazone groups is 1. The molecule has 10 heteroatoms. The average molecular weight is 354 g/mol. The first-order chi connectivity index (χ1) is 12.6. The van der Waals surface area contributed by atoms with Crippen molar-refractivity contribution in [2.24, 2.45) is 15.3 Å². The molecule has 132 valence electrons. The van der Waals surface area contributed by atoms with Gasteiger partial charge in [0, 0.05) is 18.6 Å². The number of fused-ring (bicyclic) bond motifs is 1. The Morgan fingerprint density at radius 1 is 1.35 bits per heavy atom. The lowest BCUT2D eigenvalue weighted by Crippen LogP contribution is -1.98. The number of benzene rings is 2. The number of aromatic hydroxyl groups is 1. The zero-order valence-electron chi connectivity index (χ0n) is 13.7. The van der Waals surface area contributed by atoms with E-state index in [4.69, 9.17) is 4.42 Å². The lowest BCUT2D eigenvalue weighted by molar-refractivity contribution is -0.384. The monoisotopic (exact) mass is 354 g/mol. The van der Waals surface area contributed by atoms with E-state index in [0.29, 0.717) is 17.5 Å². The van der Waals surface area contributed by atoms with Crippen molar-refractivity contribution in [3.63, 3.8) is 0 Å². The Morgan fingerprint density at radius 3 is 2.88 bits per heavy atom. The molecule has 0 saturated heterocycles. The Balaban J connectivity index is 1.78. The van der Waals surface area contributed by atoms with Crippen LogP contribution in [0.3, 0.4) is 0 Å². The number of nitro benzene ring substituents is 1. The van der Waals surface area contributed by atoms with Gasteiger partial charge in [-0.2, -0.15) is 10.1 Å². The maximum Gasteiger partial charge on any atom is 0.342 e. The number of amidine groups is 1. The first-order valence-corrected chi connectivity index (χ1v) is 7.64. The molecule has 0 unspecified atom stereocenters. The zero-order valence-corrected chi connectivity index (χ0v) is 13.7. The fraction of sp³-hybridized carbons (Fsp3) is 0.125. The van der Waals surface area contributed by atoms with Crippen molar-refractivity contribution in [3.8, 4) is 5.75 Å². The van der Waals surface area contributed by atoms with Crippen LogP contribution in [-0.2, 0) is 0 Å². The summed E-state index contributed by atoms with van der Waals surface area (Å²) in [6, 6.07) is 10.9. The van der Waals surface area contributed by atoms with Crippen LogP contribution < -0.4 is 5.43 Å². The Morgan fingerprint density at radius 2 is 2.15 bits per heavy atom. The minimum absolute atomic E-state index is 0.0854. The second kappa shape index (κ2) is 7.38. The number of aromatic nitrogens is 1. The largest absolute Gasteiger partial charge is 0.506 e. The number of phenolic OH excluding ortho intramolecular Hbond substituents is 1. The molecule has 2 aromatic carbocycles. The first-order valence-electron chi connectivity index (χ1n) is 7.64. The standard InChI is InChI=1S/C16H14N6O4/c1-2-15(19-18-12-9-10(22(24)25)7-8-13(12)23)20-21-16-17-11-5-3-4-6-14(11)26-16/h3-9,18,23H,2H2,1H3/b19-15-,21-20?. The molecule has 1 aromatic heterocycles. The molecule has 0 bridgehead atoms. The molecule has 0 spiro atoms. The van der Waals surface area contributed by atoms with Gasteiger partial charge >= 0.3 is 6.01 Å². The molecule has 0 aliphatic carbocycles. The predicted octanol–water partition coefficient (Wildman–Crippen LogP) is 4.36. The molecule has 10 nitrogen and oxygen atoms in total. The van der Waals surface area contributed by atoms with Crippen LogP contribution in [-0.4, -0.2) is 20.8 Å². The van der Waals surface area contributed by atoms with Gasteiger partial charge in [0.25, 0.3) is 5.69 Å². The van der Waals surface area contributed by atoms with Crippen molar-refractivity contribution in [1.29, 1.82) is 0 Å². The van der Waals surface area contributed by atoms with Crippen molar-refractivity contribution in [1.82, 2.24) is 4.98 Å². The molecule has 0 atom stereocenters. The molecular weight excluding hydrogens is 340 g/mol. The summed E-state index contributed by atoms with van der Waals surface area (Å²) >= 11 is 0. The van der Waals surface area contributed by atoms with Crippen molar-refractivity contribution in [2.75, 3.05) is 5.43 Å². The molecule has 0 amide bonds. The van der Waals surface area contributed by atoms with Crippen LogP contribution in [0, 0.1) is 10.1 Å². The minimum Gasteiger partial charge on any atom is -0.506 e. The number of oxazole rings is 1. The van der Waals surface area contributed by atoms with Gasteiger partial charge < -0.3 is 9.52 Å². The molecule has 0 fully saturated rings. The van der Waals surface area contributed by atoms with Gasteiger partial charge in [-0.1, -0.05) is 24.2 Å². The Hall–Kier alpha value is -3.82. The van der Waals surface area contributed by atoms with Crippen molar-refractivity contribution in [3.05, 3.63) is 52.6 Å². The van der Waals surface area contributed by atoms with Crippen molar-refractivity contribution < 1.29 is 14.4 Å². The van der Waals surface area contributed by atoms with E-state index in [9.17, 15) is 15.2 Å². The number of azo groups is 1. The third kappa shape index (κ3) is 3.80. The molecule has 0 aliphatic rings. The normalized spacial score (nSPS) is 12.0. The van der Waals surface area contributed by atoms with Crippen LogP contribution in [0.1, 0.15) is 13.3 Å². The van der Waals surface area contributed by atoms with Gasteiger partial charge in [0.05, 0.1) is 4.92 Å². The van der Waals surface area contributed by atoms with E-state index in [0.717, 1.165) is 0 Å². The molecule has 3 aromatic rings. The fourth-order valence-corrected chi connectivity index (χ4v) is 2.03. The molecule has 2 N–H and O–H groups in total. The number of hydrogen-bond donors (Lipinski definition) is 2. The van der Waals surface area contributed by atoms with Crippen LogP contribution in [0.5, 0.6) is 5.75 Å². The first kappa shape index (κ1) is 17.0. The van der Waals surface area contributed by atoms with Gasteiger partial charge in [-0.15, -0.1) is 5.11 Å². The highest BCUT2D eigenvalue weighted by molar-refractivity contribution is 5.83. The second-order valence-electron chi connectivity index (χ2n) is 5.12. The number of non-ortho nitro benzene ring substituents is 1. The number of nitrogens with one attached hydrogen (secondary N) is 1. The van der Waals surface area contributed by atoms with Crippen LogP contribution in [0.4, 0.5) is 17.4 Å². The molecule has 1 heterocycles. The number of para-hydroxylation sites is 2. The number of anilines is 1. The second-order valence-corrected chi connectivity index (χ2v) is 5.12. The zero-order chi connectivity index (χ0) is 18.5. The maximum absolute atomic E-state index is 10.8. The quantitative estimate of drug-likeness (QED) is 0.174. The van der Waals surface area contributed by atoms with E-state index in [-0.39, 0.29) is 29.0 Å². The van der Waals surface area contributed by atoms with E-state index < -0.39 is 4.92 Å². The molecular formula is C16H14N6O4. The highest BCUT2D eigenvalue weighted by Gasteiger charge is 2.10. The van der Waals surface area contributed by atoms with Gasteiger partial charge in [0.1, 0.15) is 17.0 Å². The minimum atomic E-state index is -0.567. The van der Waals surface area contributed by atoms with Crippen LogP contribution in [0.15, 0.2) is 62.2 Å². The molecule has 0 aliphatic heterocycles. The van der Waals surface area contributed by atoms with Crippen LogP contribution in [0.2, 0.25) is 0 Å². The lowest BCUT2D eigenvalue weighted by atomic mass is 10.2. The van der Waals surface area contributed by atoms with E-state index >= 15 is 0 Å². The summed E-state index contributed by atoms with van der Waals surface area (Å²) in [4.78, 5) is 14.4. The number of nitro groups is 1. The third-order valence-corrected chi connectivity index (χ3v) is 3.35. The SMILES string of the molecule is CC/C(N=Nc1nc2ccccc2o1)=N/Nc1cc([N+](=O)[O-])ccc1O. The summed E-state index contributed by atoms with van der Waals surface area (Å²) in [7, 11) is 0. The number of hydrogen-bond acceptors (Lipinski definition) is 8. The lowest BCUT2D eigenvalue weighted by Gasteiger charge is -2.04. The molecule has 26 heavy (non-hydrogen) atoms. The van der Waals surface area contributed by atoms with E-state index in [1.807, 2.05) is 12.1 Å². The van der Waals surface area contributed by atoms with Gasteiger partial charge in [0.15, 0.2) is 11.4 Å². The maximum atomic E-state index is 10.8. The van der Waals surface area contributed by atoms with E-state index in [1.165, 1.54) is 18.2 Å². The molecule has 0 saturated carbocycles. The fourth-order valence-electron chi connectivity index (χ4n) is 2.03. The Bertz CT molecular complexity index is 978. The topological polar surface area (TPSA) is 139 Å². The number of rotatable bonds is 5. The highest BCUT2D eigenvalue weighted by Crippen LogP contribution is 2.28. The summed E-state index contributed by atoms with van der Waals surface area (Å²) < 4.78 is 5.43. The summed E-state index contributed by atoms with van der Waals surface area (Å²) in [5.74, 6) is 0.115. The van der Waals surface area contributed by atoms with E-state index in [1.54, 1.807) is 19.1 Å². The van der Waals surface area contributed by atoms with Crippen LogP contribution >= 0.6 is 0 Å². The van der Waals surface area contributed by atoms with E-state index in [2.05, 4.69) is 25.7 Å². The van der Waals surface area contributed by atoms with Gasteiger partial charge in [-0.05, 0) is 18.2 Å². The van der Waals surface area contributed by atoms with Crippen molar-refractivity contribution >= 4 is 34.3 Å². The van der Waals surface area contributed by atoms with Gasteiger partial charge in [0.2, 0.25) is 0 Å². The van der Waals surface area contributed by atoms with Crippen molar-refractivity contribution in [2.45, 2.75) is 13.3 Å². The summed E-state index contributed by atoms with van der Waals surface area (Å²) in [6.07, 6.45) is 0.423. The van der Waals surface area contributed by atoms with Gasteiger partial charge in [-0.25, -0.2) is 0 Å². The molecule has 3 rings (SSSR count). The number of phenols is 1. The Kier molecular flexibility index (Phi) is 4.83. The van der Waals surface area contributed by atoms with Gasteiger partial charge in [-0.3, -0.25) is 15.5 Å². The van der Waals surface area contributed by atoms with Crippen LogP contribution in [0.25, 0.3) is 11.1 Å². The Labute approximate surface area is 147 Å². The summed E-state index contributed by atoms with van der Waals surface area (Å²) in [5.41, 5.74) is 3.72. The molecule has 0 radical (unpaired) electrons. The summed E-state index contributed by atoms with van der Waals surface area (Å²) in [5, 5.41) is 32.4. The predicted molar refractivity (Wildman–Crippen MR) is 94.6 cm³/mol. The summed E-state index contributed by atoms with van der Waals surface area (Å²) in [6.45, 7) is 1.80.